The lowest BCUT2D eigenvalue weighted by atomic mass is 10.3. The molecule has 0 unspecified atom stereocenters. The first-order chi connectivity index (χ1) is 4.43. The molecular formula is C7H3NS. The Kier molecular flexibility index (Phi) is 2.13. The standard InChI is InChI=1S/C7H3NS/c9-6-8-7-4-2-1-3-5-7/h1,4-5H. The van der Waals surface area contributed by atoms with Gasteiger partial charge in [0.15, 0.2) is 0 Å². The van der Waals surface area contributed by atoms with Crippen LogP contribution in [0.1, 0.15) is 0 Å². The van der Waals surface area contributed by atoms with E-state index >= 15 is 0 Å². The average Bonchev–Trinajstić information content (AvgIpc) is 1.91. The summed E-state index contributed by atoms with van der Waals surface area (Å²) in [6.45, 7) is 0. The molecular weight excluding hydrogens is 130 g/mol. The summed E-state index contributed by atoms with van der Waals surface area (Å²) >= 11 is 4.39. The quantitative estimate of drug-likeness (QED) is 0.421. The molecule has 0 bridgehead atoms. The fourth-order valence-corrected chi connectivity index (χ4v) is 0.567. The lowest BCUT2D eigenvalue weighted by Gasteiger charge is -1.82. The monoisotopic (exact) mass is 133 g/mol. The Morgan fingerprint density at radius 1 is 1.44 bits per heavy atom. The van der Waals surface area contributed by atoms with Gasteiger partial charge in [-0.05, 0) is 42.5 Å². The molecule has 1 aromatic rings. The predicted octanol–water partition coefficient (Wildman–Crippen LogP) is 2.02. The van der Waals surface area contributed by atoms with Crippen LogP contribution in [0.3, 0.4) is 0 Å². The number of isothiocyanates is 1. The van der Waals surface area contributed by atoms with E-state index in [2.05, 4.69) is 34.5 Å². The number of hydrogen-bond acceptors (Lipinski definition) is 2. The molecule has 0 aromatic heterocycles. The van der Waals surface area contributed by atoms with Crippen molar-refractivity contribution in [3.05, 3.63) is 30.3 Å². The highest BCUT2D eigenvalue weighted by molar-refractivity contribution is 7.78. The highest BCUT2D eigenvalue weighted by Gasteiger charge is 1.80. The minimum absolute atomic E-state index is 0.743. The molecule has 2 radical (unpaired) electrons. The van der Waals surface area contributed by atoms with Gasteiger partial charge in [-0.15, -0.1) is 0 Å². The Bertz CT molecular complexity index is 224. The smallest absolute Gasteiger partial charge is 0.0751 e. The van der Waals surface area contributed by atoms with Crippen LogP contribution >= 0.6 is 12.2 Å². The van der Waals surface area contributed by atoms with Crippen LogP contribution in [0.2, 0.25) is 0 Å². The summed E-state index contributed by atoms with van der Waals surface area (Å²) in [7, 11) is 0. The van der Waals surface area contributed by atoms with Gasteiger partial charge < -0.3 is 0 Å². The van der Waals surface area contributed by atoms with E-state index in [0.717, 1.165) is 5.69 Å². The van der Waals surface area contributed by atoms with Gasteiger partial charge in [-0.1, -0.05) is 0 Å². The van der Waals surface area contributed by atoms with Gasteiger partial charge >= 0.3 is 0 Å². The van der Waals surface area contributed by atoms with E-state index in [4.69, 9.17) is 0 Å². The van der Waals surface area contributed by atoms with E-state index in [1.807, 2.05) is 0 Å². The number of thiocarbonyl (C=S) groups is 1. The lowest BCUT2D eigenvalue weighted by Crippen LogP contribution is -1.59. The normalized spacial score (nSPS) is 8.00. The Balaban J connectivity index is 2.97. The molecule has 0 N–H and O–H groups in total. The second-order valence-corrected chi connectivity index (χ2v) is 1.58. The summed E-state index contributed by atoms with van der Waals surface area (Å²) in [4.78, 5) is 3.71. The minimum atomic E-state index is 0.743. The van der Waals surface area contributed by atoms with Crippen molar-refractivity contribution in [3.8, 4) is 0 Å². The van der Waals surface area contributed by atoms with Gasteiger partial charge in [0, 0.05) is 0 Å². The fourth-order valence-electron chi connectivity index (χ4n) is 0.461. The Morgan fingerprint density at radius 3 is 2.67 bits per heavy atom. The molecule has 0 aliphatic heterocycles. The molecule has 42 valence electrons. The van der Waals surface area contributed by atoms with Gasteiger partial charge in [-0.2, -0.15) is 4.99 Å². The molecule has 9 heavy (non-hydrogen) atoms. The zero-order valence-electron chi connectivity index (χ0n) is 4.59. The van der Waals surface area contributed by atoms with Crippen LogP contribution in [-0.4, -0.2) is 5.16 Å². The SMILES string of the molecule is S=C=Nc1c[c]c[c]c1. The highest BCUT2D eigenvalue weighted by atomic mass is 32.1. The molecule has 0 spiro atoms. The van der Waals surface area contributed by atoms with Crippen molar-refractivity contribution < 1.29 is 0 Å². The summed E-state index contributed by atoms with van der Waals surface area (Å²) in [6, 6.07) is 10.7. The van der Waals surface area contributed by atoms with E-state index in [1.54, 1.807) is 18.2 Å². The maximum Gasteiger partial charge on any atom is 0.0751 e. The second kappa shape index (κ2) is 3.13. The van der Waals surface area contributed by atoms with Crippen LogP contribution in [0.4, 0.5) is 5.69 Å². The van der Waals surface area contributed by atoms with Gasteiger partial charge in [0.25, 0.3) is 0 Å². The number of benzene rings is 1. The number of hydrogen-bond donors (Lipinski definition) is 0. The first-order valence-electron chi connectivity index (χ1n) is 2.38. The van der Waals surface area contributed by atoms with Crippen LogP contribution in [0.15, 0.2) is 23.2 Å². The van der Waals surface area contributed by atoms with Crippen LogP contribution in [0, 0.1) is 12.1 Å². The zero-order chi connectivity index (χ0) is 6.53. The largest absolute Gasteiger partial charge is 0.195 e. The first-order valence-corrected chi connectivity index (χ1v) is 2.79. The van der Waals surface area contributed by atoms with Gasteiger partial charge in [-0.25, -0.2) is 0 Å². The third kappa shape index (κ3) is 1.76. The molecule has 0 aliphatic carbocycles. The number of nitrogens with zero attached hydrogens (tertiary/aromatic N) is 1. The predicted molar refractivity (Wildman–Crippen MR) is 38.8 cm³/mol. The van der Waals surface area contributed by atoms with Gasteiger partial charge in [0.05, 0.1) is 10.8 Å². The minimum Gasteiger partial charge on any atom is -0.195 e. The molecule has 0 amide bonds. The van der Waals surface area contributed by atoms with Crippen molar-refractivity contribution in [2.75, 3.05) is 0 Å². The van der Waals surface area contributed by atoms with Crippen molar-refractivity contribution in [1.82, 2.24) is 0 Å². The highest BCUT2D eigenvalue weighted by Crippen LogP contribution is 2.06. The van der Waals surface area contributed by atoms with E-state index in [9.17, 15) is 0 Å². The number of aliphatic imine (C=N–C) groups is 1. The molecule has 0 saturated carbocycles. The fraction of sp³-hybridized carbons (Fsp3) is 0. The van der Waals surface area contributed by atoms with Crippen molar-refractivity contribution in [2.24, 2.45) is 4.99 Å². The summed E-state index contributed by atoms with van der Waals surface area (Å²) in [5.41, 5.74) is 0.743. The molecule has 0 atom stereocenters. The van der Waals surface area contributed by atoms with Crippen molar-refractivity contribution in [3.63, 3.8) is 0 Å². The third-order valence-corrected chi connectivity index (χ3v) is 0.895. The molecule has 0 heterocycles. The van der Waals surface area contributed by atoms with Crippen LogP contribution in [0.25, 0.3) is 0 Å². The topological polar surface area (TPSA) is 12.4 Å². The van der Waals surface area contributed by atoms with Crippen molar-refractivity contribution in [1.29, 1.82) is 0 Å². The summed E-state index contributed by atoms with van der Waals surface area (Å²) in [5, 5.41) is 2.25. The van der Waals surface area contributed by atoms with E-state index in [0.29, 0.717) is 0 Å². The summed E-state index contributed by atoms with van der Waals surface area (Å²) in [6.07, 6.45) is 0. The molecule has 0 saturated heterocycles. The molecule has 2 heteroatoms. The van der Waals surface area contributed by atoms with Crippen LogP contribution in [0.5, 0.6) is 0 Å². The van der Waals surface area contributed by atoms with Crippen LogP contribution in [-0.2, 0) is 0 Å². The molecule has 1 rings (SSSR count). The van der Waals surface area contributed by atoms with E-state index in [-0.39, 0.29) is 0 Å². The Morgan fingerprint density at radius 2 is 2.11 bits per heavy atom. The summed E-state index contributed by atoms with van der Waals surface area (Å²) < 4.78 is 0. The van der Waals surface area contributed by atoms with Gasteiger partial charge in [-0.3, -0.25) is 0 Å². The second-order valence-electron chi connectivity index (χ2n) is 1.39. The van der Waals surface area contributed by atoms with Crippen LogP contribution < -0.4 is 0 Å². The Hall–Kier alpha value is -0.980. The molecule has 0 fully saturated rings. The zero-order valence-corrected chi connectivity index (χ0v) is 5.40. The maximum absolute atomic E-state index is 4.39. The van der Waals surface area contributed by atoms with Crippen molar-refractivity contribution >= 4 is 23.1 Å². The molecule has 1 aromatic carbocycles. The molecule has 1 nitrogen and oxygen atoms in total. The lowest BCUT2D eigenvalue weighted by molar-refractivity contribution is 1.54. The average molecular weight is 133 g/mol. The van der Waals surface area contributed by atoms with Gasteiger partial charge in [0.1, 0.15) is 0 Å². The van der Waals surface area contributed by atoms with Crippen molar-refractivity contribution in [2.45, 2.75) is 0 Å². The maximum atomic E-state index is 4.39. The van der Waals surface area contributed by atoms with E-state index in [1.165, 1.54) is 0 Å². The number of rotatable bonds is 1. The van der Waals surface area contributed by atoms with Gasteiger partial charge in [0.2, 0.25) is 0 Å². The third-order valence-electron chi connectivity index (χ3n) is 0.804. The van der Waals surface area contributed by atoms with E-state index < -0.39 is 0 Å². The summed E-state index contributed by atoms with van der Waals surface area (Å²) in [5.74, 6) is 0. The molecule has 0 aliphatic rings. The Labute approximate surface area is 59.1 Å². The first kappa shape index (κ1) is 6.14.